The largest absolute Gasteiger partial charge is 0.482 e. The first-order valence-corrected chi connectivity index (χ1v) is 6.95. The van der Waals surface area contributed by atoms with Crippen LogP contribution in [-0.4, -0.2) is 23.6 Å². The van der Waals surface area contributed by atoms with Gasteiger partial charge in [0, 0.05) is 0 Å². The number of hydrogen-bond donors (Lipinski definition) is 2. The highest BCUT2D eigenvalue weighted by Crippen LogP contribution is 2.14. The summed E-state index contributed by atoms with van der Waals surface area (Å²) >= 11 is 0. The van der Waals surface area contributed by atoms with E-state index in [4.69, 9.17) is 19.5 Å². The number of nitrogens with one attached hydrogen (secondary N) is 1. The molecule has 1 aromatic heterocycles. The molecule has 0 aliphatic rings. The molecule has 0 saturated heterocycles. The monoisotopic (exact) mass is 326 g/mol. The predicted octanol–water partition coefficient (Wildman–Crippen LogP) is 1.97. The average Bonchev–Trinajstić information content (AvgIpc) is 3.10. The van der Waals surface area contributed by atoms with Gasteiger partial charge in [-0.2, -0.15) is 5.26 Å². The van der Waals surface area contributed by atoms with Crippen LogP contribution in [0.15, 0.2) is 52.7 Å². The van der Waals surface area contributed by atoms with Crippen LogP contribution >= 0.6 is 0 Å². The van der Waals surface area contributed by atoms with Crippen molar-refractivity contribution in [1.29, 1.82) is 5.26 Å². The summed E-state index contributed by atoms with van der Waals surface area (Å²) in [4.78, 5) is 22.4. The van der Waals surface area contributed by atoms with Crippen LogP contribution in [0.4, 0.5) is 0 Å². The lowest BCUT2D eigenvalue weighted by Gasteiger charge is -2.04. The molecule has 0 aliphatic heterocycles. The summed E-state index contributed by atoms with van der Waals surface area (Å²) < 4.78 is 10.1. The molecule has 0 bridgehead atoms. The molecule has 2 aromatic rings. The molecule has 0 aliphatic carbocycles. The number of benzene rings is 1. The molecule has 2 N–H and O–H groups in total. The lowest BCUT2D eigenvalue weighted by atomic mass is 10.1. The topological polar surface area (TPSA) is 113 Å². The highest BCUT2D eigenvalue weighted by Gasteiger charge is 2.09. The number of carboxylic acid groups (broad SMARTS) is 1. The second kappa shape index (κ2) is 8.19. The summed E-state index contributed by atoms with van der Waals surface area (Å²) in [6, 6.07) is 11.6. The highest BCUT2D eigenvalue weighted by molar-refractivity contribution is 6.01. The Morgan fingerprint density at radius 2 is 2.04 bits per heavy atom. The van der Waals surface area contributed by atoms with Crippen LogP contribution in [0.2, 0.25) is 0 Å². The molecule has 1 amide bonds. The average molecular weight is 326 g/mol. The van der Waals surface area contributed by atoms with E-state index in [9.17, 15) is 9.59 Å². The minimum Gasteiger partial charge on any atom is -0.482 e. The van der Waals surface area contributed by atoms with Crippen molar-refractivity contribution >= 4 is 18.0 Å². The van der Waals surface area contributed by atoms with E-state index in [0.717, 1.165) is 0 Å². The van der Waals surface area contributed by atoms with Gasteiger partial charge in [0.15, 0.2) is 6.61 Å². The summed E-state index contributed by atoms with van der Waals surface area (Å²) in [5.41, 5.74) is 0.558. The second-order valence-corrected chi connectivity index (χ2v) is 4.68. The van der Waals surface area contributed by atoms with Gasteiger partial charge in [-0.15, -0.1) is 0 Å². The summed E-state index contributed by atoms with van der Waals surface area (Å²) in [5.74, 6) is -0.616. The second-order valence-electron chi connectivity index (χ2n) is 4.68. The number of carboxylic acids is 1. The molecule has 0 radical (unpaired) electrons. The van der Waals surface area contributed by atoms with Crippen molar-refractivity contribution in [2.24, 2.45) is 0 Å². The predicted molar refractivity (Wildman–Crippen MR) is 83.7 cm³/mol. The van der Waals surface area contributed by atoms with Gasteiger partial charge in [-0.05, 0) is 35.9 Å². The fourth-order valence-corrected chi connectivity index (χ4v) is 1.80. The van der Waals surface area contributed by atoms with E-state index in [2.05, 4.69) is 5.32 Å². The maximum Gasteiger partial charge on any atom is 0.341 e. The van der Waals surface area contributed by atoms with Crippen molar-refractivity contribution in [2.45, 2.75) is 6.54 Å². The van der Waals surface area contributed by atoms with Crippen molar-refractivity contribution in [2.75, 3.05) is 6.61 Å². The Kier molecular flexibility index (Phi) is 5.75. The van der Waals surface area contributed by atoms with E-state index in [1.807, 2.05) is 6.07 Å². The summed E-state index contributed by atoms with van der Waals surface area (Å²) in [5, 5.41) is 20.2. The number of hydrogen-bond acceptors (Lipinski definition) is 5. The molecule has 0 fully saturated rings. The molecule has 1 heterocycles. The van der Waals surface area contributed by atoms with Crippen LogP contribution in [0.5, 0.6) is 5.75 Å². The van der Waals surface area contributed by atoms with Crippen LogP contribution in [0.25, 0.3) is 6.08 Å². The fourth-order valence-electron chi connectivity index (χ4n) is 1.80. The van der Waals surface area contributed by atoms with E-state index < -0.39 is 18.5 Å². The Labute approximate surface area is 137 Å². The van der Waals surface area contributed by atoms with Crippen LogP contribution in [0, 0.1) is 11.3 Å². The molecule has 2 rings (SSSR count). The maximum atomic E-state index is 12.0. The highest BCUT2D eigenvalue weighted by atomic mass is 16.5. The molecule has 0 saturated carbocycles. The first-order valence-electron chi connectivity index (χ1n) is 6.95. The summed E-state index contributed by atoms with van der Waals surface area (Å²) in [7, 11) is 0. The van der Waals surface area contributed by atoms with Gasteiger partial charge < -0.3 is 19.6 Å². The van der Waals surface area contributed by atoms with Gasteiger partial charge in [-0.1, -0.05) is 12.1 Å². The number of ether oxygens (including phenoxy) is 1. The van der Waals surface area contributed by atoms with Gasteiger partial charge in [0.25, 0.3) is 5.91 Å². The molecule has 7 heteroatoms. The molecule has 122 valence electrons. The van der Waals surface area contributed by atoms with Crippen molar-refractivity contribution in [1.82, 2.24) is 5.32 Å². The Morgan fingerprint density at radius 3 is 2.62 bits per heavy atom. The molecular formula is C17H14N2O5. The van der Waals surface area contributed by atoms with Crippen molar-refractivity contribution < 1.29 is 23.8 Å². The quantitative estimate of drug-likeness (QED) is 0.594. The summed E-state index contributed by atoms with van der Waals surface area (Å²) in [6.45, 7) is -0.249. The van der Waals surface area contributed by atoms with Crippen LogP contribution < -0.4 is 10.1 Å². The number of aliphatic carboxylic acids is 1. The van der Waals surface area contributed by atoms with Crippen LogP contribution in [0.3, 0.4) is 0 Å². The van der Waals surface area contributed by atoms with Crippen molar-refractivity contribution in [3.05, 3.63) is 59.6 Å². The molecule has 0 spiro atoms. The Bertz CT molecular complexity index is 770. The zero-order chi connectivity index (χ0) is 17.4. The number of amides is 1. The Morgan fingerprint density at radius 1 is 1.29 bits per heavy atom. The lowest BCUT2D eigenvalue weighted by molar-refractivity contribution is -0.139. The third-order valence-corrected chi connectivity index (χ3v) is 2.92. The van der Waals surface area contributed by atoms with Gasteiger partial charge in [-0.3, -0.25) is 4.79 Å². The van der Waals surface area contributed by atoms with Crippen molar-refractivity contribution in [3.63, 3.8) is 0 Å². The molecule has 0 atom stereocenters. The van der Waals surface area contributed by atoms with E-state index >= 15 is 0 Å². The third-order valence-electron chi connectivity index (χ3n) is 2.92. The minimum absolute atomic E-state index is 0.0549. The molecule has 24 heavy (non-hydrogen) atoms. The van der Waals surface area contributed by atoms with Crippen molar-refractivity contribution in [3.8, 4) is 11.8 Å². The number of furan rings is 1. The molecular weight excluding hydrogens is 312 g/mol. The lowest BCUT2D eigenvalue weighted by Crippen LogP contribution is -2.23. The number of carbonyl (C=O) groups excluding carboxylic acids is 1. The smallest absolute Gasteiger partial charge is 0.341 e. The van der Waals surface area contributed by atoms with Crippen LogP contribution in [-0.2, 0) is 16.1 Å². The first kappa shape index (κ1) is 16.8. The van der Waals surface area contributed by atoms with Gasteiger partial charge in [0.1, 0.15) is 23.2 Å². The first-order chi connectivity index (χ1) is 11.6. The number of carbonyl (C=O) groups is 2. The Hall–Kier alpha value is -3.53. The standard InChI is InChI=1S/C17H14N2O5/c18-9-13(17(22)19-10-15-2-1-7-23-15)8-12-3-5-14(6-4-12)24-11-16(20)21/h1-8H,10-11H2,(H,19,22)(H,20,21). The van der Waals surface area contributed by atoms with Gasteiger partial charge in [0.05, 0.1) is 12.8 Å². The van der Waals surface area contributed by atoms with E-state index in [1.165, 1.54) is 12.3 Å². The van der Waals surface area contributed by atoms with Gasteiger partial charge in [0.2, 0.25) is 0 Å². The Balaban J connectivity index is 1.99. The van der Waals surface area contributed by atoms with Crippen LogP contribution in [0.1, 0.15) is 11.3 Å². The fraction of sp³-hybridized carbons (Fsp3) is 0.118. The molecule has 1 aromatic carbocycles. The normalized spacial score (nSPS) is 10.7. The zero-order valence-corrected chi connectivity index (χ0v) is 12.6. The van der Waals surface area contributed by atoms with E-state index in [-0.39, 0.29) is 12.1 Å². The molecule has 7 nitrogen and oxygen atoms in total. The number of rotatable bonds is 7. The zero-order valence-electron chi connectivity index (χ0n) is 12.6. The van der Waals surface area contributed by atoms with E-state index in [1.54, 1.807) is 36.4 Å². The number of nitrogens with zero attached hydrogens (tertiary/aromatic N) is 1. The minimum atomic E-state index is -1.07. The molecule has 0 unspecified atom stereocenters. The third kappa shape index (κ3) is 5.03. The maximum absolute atomic E-state index is 12.0. The van der Waals surface area contributed by atoms with Gasteiger partial charge in [-0.25, -0.2) is 4.79 Å². The van der Waals surface area contributed by atoms with Gasteiger partial charge >= 0.3 is 5.97 Å². The SMILES string of the molecule is N#CC(=Cc1ccc(OCC(=O)O)cc1)C(=O)NCc1ccco1. The van der Waals surface area contributed by atoms with E-state index in [0.29, 0.717) is 17.1 Å². The number of nitriles is 1. The summed E-state index contributed by atoms with van der Waals surface area (Å²) in [6.07, 6.45) is 2.93.